The molecule has 0 unspecified atom stereocenters. The Labute approximate surface area is 170 Å². The fourth-order valence-corrected chi connectivity index (χ4v) is 3.44. The second kappa shape index (κ2) is 7.78. The van der Waals surface area contributed by atoms with Crippen LogP contribution < -0.4 is 26.2 Å². The van der Waals surface area contributed by atoms with Crippen molar-refractivity contribution in [1.29, 1.82) is 0 Å². The molecule has 0 aliphatic carbocycles. The first kappa shape index (κ1) is 18.7. The van der Waals surface area contributed by atoms with Gasteiger partial charge in [0.05, 0.1) is 11.9 Å². The van der Waals surface area contributed by atoms with Crippen molar-refractivity contribution in [3.05, 3.63) is 42.9 Å². The van der Waals surface area contributed by atoms with E-state index >= 15 is 0 Å². The number of nitrogen functional groups attached to an aromatic ring is 2. The summed E-state index contributed by atoms with van der Waals surface area (Å²) in [6.07, 6.45) is 5.43. The number of nitrogens with zero attached hydrogens (tertiary/aromatic N) is 7. The minimum atomic E-state index is 0.198. The van der Waals surface area contributed by atoms with Crippen molar-refractivity contribution < 1.29 is 0 Å². The lowest BCUT2D eigenvalue weighted by Crippen LogP contribution is -2.46. The van der Waals surface area contributed by atoms with Crippen LogP contribution in [0.15, 0.2) is 42.9 Å². The van der Waals surface area contributed by atoms with E-state index in [1.807, 2.05) is 31.4 Å². The van der Waals surface area contributed by atoms with Gasteiger partial charge in [-0.15, -0.1) is 0 Å². The van der Waals surface area contributed by atoms with Crippen molar-refractivity contribution in [2.24, 2.45) is 0 Å². The molecule has 0 spiro atoms. The molecule has 9 heteroatoms. The summed E-state index contributed by atoms with van der Waals surface area (Å²) in [6.45, 7) is 3.43. The predicted octanol–water partition coefficient (Wildman–Crippen LogP) is 1.49. The van der Waals surface area contributed by atoms with Gasteiger partial charge in [0.1, 0.15) is 0 Å². The van der Waals surface area contributed by atoms with Gasteiger partial charge in [-0.05, 0) is 17.7 Å². The Morgan fingerprint density at radius 1 is 0.862 bits per heavy atom. The highest BCUT2D eigenvalue weighted by atomic mass is 15.3. The van der Waals surface area contributed by atoms with Crippen molar-refractivity contribution in [3.63, 3.8) is 0 Å². The van der Waals surface area contributed by atoms with Gasteiger partial charge >= 0.3 is 0 Å². The fraction of sp³-hybridized carbons (Fsp3) is 0.300. The van der Waals surface area contributed by atoms with E-state index in [0.717, 1.165) is 43.0 Å². The van der Waals surface area contributed by atoms with Crippen molar-refractivity contribution in [2.45, 2.75) is 0 Å². The molecule has 3 aromatic rings. The summed E-state index contributed by atoms with van der Waals surface area (Å²) in [7, 11) is 3.86. The summed E-state index contributed by atoms with van der Waals surface area (Å²) >= 11 is 0. The topological polar surface area (TPSA) is 113 Å². The molecule has 29 heavy (non-hydrogen) atoms. The van der Waals surface area contributed by atoms with Gasteiger partial charge in [-0.3, -0.25) is 0 Å². The van der Waals surface area contributed by atoms with Crippen molar-refractivity contribution in [1.82, 2.24) is 19.9 Å². The molecule has 150 valence electrons. The van der Waals surface area contributed by atoms with Crippen LogP contribution in [0.3, 0.4) is 0 Å². The predicted molar refractivity (Wildman–Crippen MR) is 117 cm³/mol. The zero-order valence-electron chi connectivity index (χ0n) is 16.7. The summed E-state index contributed by atoms with van der Waals surface area (Å²) in [4.78, 5) is 23.4. The second-order valence-electron chi connectivity index (χ2n) is 7.19. The van der Waals surface area contributed by atoms with Crippen molar-refractivity contribution >= 4 is 29.1 Å². The van der Waals surface area contributed by atoms with Gasteiger partial charge in [0.25, 0.3) is 0 Å². The highest BCUT2D eigenvalue weighted by Crippen LogP contribution is 2.27. The number of anilines is 5. The number of piperazine rings is 1. The standard InChI is InChI=1S/C20H25N9/c1-27(2)20-24-11-15(12-25-20)14-4-3-5-16(10-14)28-6-8-29(9-7-28)17-13-23-19(22)26-18(17)21/h3-5,10-13H,6-9H2,1-2H3,(H4,21,22,23,26). The van der Waals surface area contributed by atoms with E-state index in [4.69, 9.17) is 11.5 Å². The molecule has 0 radical (unpaired) electrons. The molecular weight excluding hydrogens is 366 g/mol. The van der Waals surface area contributed by atoms with E-state index in [9.17, 15) is 0 Å². The van der Waals surface area contributed by atoms with Gasteiger partial charge in [0.15, 0.2) is 5.82 Å². The first-order valence-electron chi connectivity index (χ1n) is 9.49. The number of hydrogen-bond acceptors (Lipinski definition) is 9. The number of nitrogens with two attached hydrogens (primary N) is 2. The van der Waals surface area contributed by atoms with Gasteiger partial charge in [-0.25, -0.2) is 15.0 Å². The zero-order valence-corrected chi connectivity index (χ0v) is 16.7. The third-order valence-electron chi connectivity index (χ3n) is 5.02. The average Bonchev–Trinajstić information content (AvgIpc) is 2.74. The van der Waals surface area contributed by atoms with Crippen LogP contribution in [-0.2, 0) is 0 Å². The van der Waals surface area contributed by atoms with Crippen LogP contribution in [0.25, 0.3) is 11.1 Å². The van der Waals surface area contributed by atoms with Crippen LogP contribution in [0.5, 0.6) is 0 Å². The van der Waals surface area contributed by atoms with Crippen LogP contribution in [0, 0.1) is 0 Å². The van der Waals surface area contributed by atoms with Crippen molar-refractivity contribution in [3.8, 4) is 11.1 Å². The third kappa shape index (κ3) is 3.98. The molecule has 2 aromatic heterocycles. The van der Waals surface area contributed by atoms with Crippen molar-refractivity contribution in [2.75, 3.05) is 66.4 Å². The minimum absolute atomic E-state index is 0.198. The van der Waals surface area contributed by atoms with Crippen LogP contribution in [0.1, 0.15) is 0 Å². The quantitative estimate of drug-likeness (QED) is 0.683. The number of benzene rings is 1. The van der Waals surface area contributed by atoms with Gasteiger partial charge < -0.3 is 26.2 Å². The SMILES string of the molecule is CN(C)c1ncc(-c2cccc(N3CCN(c4cnc(N)nc4N)CC3)c2)cn1. The molecule has 9 nitrogen and oxygen atoms in total. The van der Waals surface area contributed by atoms with E-state index in [-0.39, 0.29) is 5.95 Å². The molecule has 0 bridgehead atoms. The molecule has 1 aliphatic rings. The molecule has 0 amide bonds. The Morgan fingerprint density at radius 2 is 1.55 bits per heavy atom. The van der Waals surface area contributed by atoms with E-state index in [1.165, 1.54) is 5.69 Å². The highest BCUT2D eigenvalue weighted by Gasteiger charge is 2.20. The number of rotatable bonds is 4. The molecule has 0 atom stereocenters. The second-order valence-corrected chi connectivity index (χ2v) is 7.19. The van der Waals surface area contributed by atoms with E-state index < -0.39 is 0 Å². The molecule has 1 saturated heterocycles. The van der Waals surface area contributed by atoms with Gasteiger partial charge in [0.2, 0.25) is 11.9 Å². The maximum absolute atomic E-state index is 6.01. The molecular formula is C20H25N9. The molecule has 3 heterocycles. The van der Waals surface area contributed by atoms with Crippen LogP contribution in [0.4, 0.5) is 29.1 Å². The largest absolute Gasteiger partial charge is 0.382 e. The Kier molecular flexibility index (Phi) is 5.03. The monoisotopic (exact) mass is 391 g/mol. The Hall–Kier alpha value is -3.62. The summed E-state index contributed by atoms with van der Waals surface area (Å²) in [6, 6.07) is 8.47. The zero-order chi connectivity index (χ0) is 20.4. The normalized spacial score (nSPS) is 14.1. The Morgan fingerprint density at radius 3 is 2.21 bits per heavy atom. The van der Waals surface area contributed by atoms with E-state index in [0.29, 0.717) is 11.8 Å². The van der Waals surface area contributed by atoms with Crippen LogP contribution in [-0.4, -0.2) is 60.2 Å². The molecule has 4 N–H and O–H groups in total. The van der Waals surface area contributed by atoms with Gasteiger partial charge in [-0.2, -0.15) is 4.98 Å². The minimum Gasteiger partial charge on any atom is -0.382 e. The maximum atomic E-state index is 6.01. The maximum Gasteiger partial charge on any atom is 0.224 e. The third-order valence-corrected chi connectivity index (χ3v) is 5.02. The fourth-order valence-electron chi connectivity index (χ4n) is 3.44. The van der Waals surface area contributed by atoms with Crippen LogP contribution in [0.2, 0.25) is 0 Å². The Balaban J connectivity index is 1.47. The van der Waals surface area contributed by atoms with E-state index in [1.54, 1.807) is 6.20 Å². The Bertz CT molecular complexity index is 979. The first-order valence-corrected chi connectivity index (χ1v) is 9.49. The molecule has 1 fully saturated rings. The first-order chi connectivity index (χ1) is 14.0. The molecule has 4 rings (SSSR count). The lowest BCUT2D eigenvalue weighted by Gasteiger charge is -2.37. The lowest BCUT2D eigenvalue weighted by molar-refractivity contribution is 0.652. The molecule has 1 aliphatic heterocycles. The van der Waals surface area contributed by atoms with Crippen LogP contribution >= 0.6 is 0 Å². The van der Waals surface area contributed by atoms with Gasteiger partial charge in [0, 0.05) is 63.9 Å². The van der Waals surface area contributed by atoms with E-state index in [2.05, 4.69) is 54.0 Å². The summed E-state index contributed by atoms with van der Waals surface area (Å²) in [5, 5.41) is 0. The smallest absolute Gasteiger partial charge is 0.224 e. The molecule has 0 saturated carbocycles. The number of hydrogen-bond donors (Lipinski definition) is 2. The average molecular weight is 391 g/mol. The number of aromatic nitrogens is 4. The summed E-state index contributed by atoms with van der Waals surface area (Å²) in [5.74, 6) is 1.32. The lowest BCUT2D eigenvalue weighted by atomic mass is 10.1. The molecule has 1 aromatic carbocycles. The summed E-state index contributed by atoms with van der Waals surface area (Å²) in [5.41, 5.74) is 15.7. The van der Waals surface area contributed by atoms with Gasteiger partial charge in [-0.1, -0.05) is 12.1 Å². The summed E-state index contributed by atoms with van der Waals surface area (Å²) < 4.78 is 0. The highest BCUT2D eigenvalue weighted by molar-refractivity contribution is 5.69.